The highest BCUT2D eigenvalue weighted by atomic mass is 31.2. The van der Waals surface area contributed by atoms with Gasteiger partial charge in [0.25, 0.3) is 0 Å². The first-order valence-corrected chi connectivity index (χ1v) is 8.48. The number of ether oxygens (including phenoxy) is 1. The summed E-state index contributed by atoms with van der Waals surface area (Å²) in [5, 5.41) is 7.63. The number of ketones is 1. The summed E-state index contributed by atoms with van der Waals surface area (Å²) in [5.74, 6) is -0.141. The van der Waals surface area contributed by atoms with E-state index < -0.39 is 13.7 Å². The SMILES string of the molecule is COC(=O)NP1(=O)Nc2ccc(C(=O)c3ccccc3)cc2N1. The molecule has 23 heavy (non-hydrogen) atoms. The van der Waals surface area contributed by atoms with Crippen LogP contribution >= 0.6 is 7.59 Å². The predicted molar refractivity (Wildman–Crippen MR) is 86.7 cm³/mol. The second kappa shape index (κ2) is 5.78. The van der Waals surface area contributed by atoms with E-state index in [4.69, 9.17) is 0 Å². The van der Waals surface area contributed by atoms with Gasteiger partial charge < -0.3 is 14.9 Å². The monoisotopic (exact) mass is 331 g/mol. The van der Waals surface area contributed by atoms with Gasteiger partial charge in [-0.05, 0) is 18.2 Å². The maximum atomic E-state index is 12.5. The second-order valence-electron chi connectivity index (χ2n) is 4.89. The molecule has 1 aliphatic rings. The van der Waals surface area contributed by atoms with Crippen LogP contribution in [0.2, 0.25) is 0 Å². The van der Waals surface area contributed by atoms with Crippen molar-refractivity contribution < 1.29 is 18.9 Å². The molecule has 1 unspecified atom stereocenters. The topological polar surface area (TPSA) is 96.5 Å². The van der Waals surface area contributed by atoms with E-state index in [9.17, 15) is 14.2 Å². The van der Waals surface area contributed by atoms with Crippen LogP contribution in [0.25, 0.3) is 0 Å². The Kier molecular flexibility index (Phi) is 3.80. The number of benzene rings is 2. The van der Waals surface area contributed by atoms with Gasteiger partial charge >= 0.3 is 13.7 Å². The van der Waals surface area contributed by atoms with Crippen molar-refractivity contribution in [3.05, 3.63) is 59.7 Å². The molecule has 2 aromatic carbocycles. The van der Waals surface area contributed by atoms with E-state index >= 15 is 0 Å². The smallest absolute Gasteiger partial charge is 0.415 e. The Bertz CT molecular complexity index is 823. The number of nitrogens with one attached hydrogen (secondary N) is 3. The Morgan fingerprint density at radius 2 is 1.70 bits per heavy atom. The number of hydrogen-bond donors (Lipinski definition) is 3. The molecule has 1 heterocycles. The molecule has 0 saturated heterocycles. The summed E-state index contributed by atoms with van der Waals surface area (Å²) >= 11 is 0. The fourth-order valence-electron chi connectivity index (χ4n) is 2.23. The third-order valence-electron chi connectivity index (χ3n) is 3.31. The summed E-state index contributed by atoms with van der Waals surface area (Å²) < 4.78 is 16.9. The van der Waals surface area contributed by atoms with Crippen molar-refractivity contribution >= 4 is 30.8 Å². The van der Waals surface area contributed by atoms with Gasteiger partial charge in [0.15, 0.2) is 5.78 Å². The molecule has 3 N–H and O–H groups in total. The Morgan fingerprint density at radius 3 is 2.39 bits per heavy atom. The molecular weight excluding hydrogens is 317 g/mol. The number of hydrogen-bond acceptors (Lipinski definition) is 4. The first kappa shape index (κ1) is 15.1. The maximum absolute atomic E-state index is 12.5. The van der Waals surface area contributed by atoms with E-state index in [0.717, 1.165) is 0 Å². The number of carbonyl (C=O) groups is 2. The molecule has 0 aromatic heterocycles. The Balaban J connectivity index is 1.85. The van der Waals surface area contributed by atoms with Gasteiger partial charge in [-0.1, -0.05) is 30.3 Å². The van der Waals surface area contributed by atoms with Crippen LogP contribution in [0.1, 0.15) is 15.9 Å². The molecule has 0 saturated carbocycles. The summed E-state index contributed by atoms with van der Waals surface area (Å²) in [7, 11) is -2.20. The van der Waals surface area contributed by atoms with Crippen molar-refractivity contribution in [1.82, 2.24) is 5.09 Å². The number of amides is 1. The van der Waals surface area contributed by atoms with Crippen molar-refractivity contribution in [3.63, 3.8) is 0 Å². The minimum absolute atomic E-state index is 0.141. The molecule has 1 aliphatic heterocycles. The molecule has 0 spiro atoms. The lowest BCUT2D eigenvalue weighted by molar-refractivity contribution is 0.103. The van der Waals surface area contributed by atoms with Gasteiger partial charge in [0.05, 0.1) is 18.5 Å². The van der Waals surface area contributed by atoms with Gasteiger partial charge in [-0.3, -0.25) is 9.36 Å². The Morgan fingerprint density at radius 1 is 1.00 bits per heavy atom. The van der Waals surface area contributed by atoms with Crippen molar-refractivity contribution in [2.24, 2.45) is 0 Å². The lowest BCUT2D eigenvalue weighted by atomic mass is 10.0. The van der Waals surface area contributed by atoms with Gasteiger partial charge in [-0.15, -0.1) is 0 Å². The summed E-state index contributed by atoms with van der Waals surface area (Å²) in [6, 6.07) is 13.7. The van der Waals surface area contributed by atoms with Gasteiger partial charge in [-0.25, -0.2) is 9.88 Å². The van der Waals surface area contributed by atoms with Crippen LogP contribution in [-0.4, -0.2) is 19.0 Å². The van der Waals surface area contributed by atoms with Crippen LogP contribution in [-0.2, 0) is 9.30 Å². The summed E-state index contributed by atoms with van der Waals surface area (Å²) in [6.07, 6.45) is -0.818. The first-order valence-electron chi connectivity index (χ1n) is 6.77. The summed E-state index contributed by atoms with van der Waals surface area (Å²) in [5.41, 5.74) is 2.03. The third kappa shape index (κ3) is 3.05. The Hall–Kier alpha value is -2.79. The molecule has 118 valence electrons. The minimum Gasteiger partial charge on any atom is -0.453 e. The number of anilines is 2. The molecule has 2 aromatic rings. The molecule has 1 amide bonds. The van der Waals surface area contributed by atoms with E-state index in [2.05, 4.69) is 20.0 Å². The van der Waals surface area contributed by atoms with Gasteiger partial charge in [0, 0.05) is 11.1 Å². The van der Waals surface area contributed by atoms with Crippen LogP contribution in [0.3, 0.4) is 0 Å². The number of rotatable bonds is 3. The fourth-order valence-corrected chi connectivity index (χ4v) is 3.80. The van der Waals surface area contributed by atoms with Gasteiger partial charge in [0.2, 0.25) is 0 Å². The van der Waals surface area contributed by atoms with Crippen molar-refractivity contribution in [3.8, 4) is 0 Å². The first-order chi connectivity index (χ1) is 11.0. The molecule has 0 aliphatic carbocycles. The van der Waals surface area contributed by atoms with Crippen LogP contribution in [0.15, 0.2) is 48.5 Å². The molecule has 0 radical (unpaired) electrons. The third-order valence-corrected chi connectivity index (χ3v) is 4.92. The standard InChI is InChI=1S/C15H14N3O4P/c1-22-15(20)18-23(21)16-12-8-7-11(9-13(12)17-23)14(19)10-5-3-2-4-6-10/h2-9H,1H3,(H3,16,17,18,20,21). The van der Waals surface area contributed by atoms with Crippen LogP contribution < -0.4 is 15.3 Å². The van der Waals surface area contributed by atoms with Crippen LogP contribution in [0.4, 0.5) is 16.2 Å². The summed E-state index contributed by atoms with van der Waals surface area (Å²) in [4.78, 5) is 23.7. The zero-order valence-corrected chi connectivity index (χ0v) is 13.1. The van der Waals surface area contributed by atoms with E-state index in [1.807, 2.05) is 6.07 Å². The van der Waals surface area contributed by atoms with Gasteiger partial charge in [0.1, 0.15) is 0 Å². The lowest BCUT2D eigenvalue weighted by Crippen LogP contribution is -2.24. The molecule has 3 rings (SSSR count). The maximum Gasteiger partial charge on any atom is 0.415 e. The van der Waals surface area contributed by atoms with E-state index in [1.54, 1.807) is 42.5 Å². The molecule has 8 heteroatoms. The van der Waals surface area contributed by atoms with E-state index in [-0.39, 0.29) is 5.78 Å². The summed E-state index contributed by atoms with van der Waals surface area (Å²) in [6.45, 7) is 0. The second-order valence-corrected chi connectivity index (χ2v) is 6.78. The molecule has 7 nitrogen and oxygen atoms in total. The molecule has 1 atom stereocenters. The lowest BCUT2D eigenvalue weighted by Gasteiger charge is -2.12. The van der Waals surface area contributed by atoms with Crippen molar-refractivity contribution in [1.29, 1.82) is 0 Å². The highest BCUT2D eigenvalue weighted by molar-refractivity contribution is 7.66. The molecule has 0 bridgehead atoms. The highest BCUT2D eigenvalue weighted by Gasteiger charge is 2.33. The fraction of sp³-hybridized carbons (Fsp3) is 0.0667. The molecular formula is C15H14N3O4P. The zero-order valence-electron chi connectivity index (χ0n) is 12.2. The Labute approximate surface area is 132 Å². The normalized spacial score (nSPS) is 18.3. The van der Waals surface area contributed by atoms with E-state index in [1.165, 1.54) is 7.11 Å². The average molecular weight is 331 g/mol. The highest BCUT2D eigenvalue weighted by Crippen LogP contribution is 2.51. The predicted octanol–water partition coefficient (Wildman–Crippen LogP) is 3.22. The van der Waals surface area contributed by atoms with E-state index in [0.29, 0.717) is 22.5 Å². The van der Waals surface area contributed by atoms with Crippen LogP contribution in [0, 0.1) is 0 Å². The zero-order chi connectivity index (χ0) is 16.4. The van der Waals surface area contributed by atoms with Crippen molar-refractivity contribution in [2.45, 2.75) is 0 Å². The number of methoxy groups -OCH3 is 1. The number of fused-ring (bicyclic) bond motifs is 1. The largest absolute Gasteiger partial charge is 0.453 e. The molecule has 0 fully saturated rings. The van der Waals surface area contributed by atoms with Crippen molar-refractivity contribution in [2.75, 3.05) is 17.3 Å². The average Bonchev–Trinajstić information content (AvgIpc) is 2.89. The van der Waals surface area contributed by atoms with Crippen LogP contribution in [0.5, 0.6) is 0 Å². The quantitative estimate of drug-likeness (QED) is 0.590. The minimum atomic E-state index is -3.38. The van der Waals surface area contributed by atoms with Gasteiger partial charge in [-0.2, -0.15) is 0 Å². The number of carbonyl (C=O) groups excluding carboxylic acids is 2.